The molecule has 1 aromatic heterocycles. The van der Waals surface area contributed by atoms with Gasteiger partial charge in [0.2, 0.25) is 11.8 Å². The fraction of sp³-hybridized carbons (Fsp3) is 0.512. The number of piperazine rings is 2. The second-order valence-corrected chi connectivity index (χ2v) is 16.6. The standard InChI is InChI=1S/C41H48F2N10O5/c1-23-17-48(19-26-10-11-49(22-32(26)43)27-7-6-25-20-52(40(57)30(25)14-27)34-8-9-36(54)45-39(34)56)18-24(2)53(23)41(58)50-12-13-51-28(21-50)16-44-38-35(51)15-33(46-47-38)29-4-3-5-31(42)37(29)55/h3-7,14-15,23-24,26,28,32,34,55H,8-13,16-22H2,1-2H3,(H,44,47)(H,45,54,56)/t23-,24+,26-,28+,32+,34?/m1/s1. The van der Waals surface area contributed by atoms with Crippen LogP contribution in [0, 0.1) is 11.7 Å². The molecule has 6 atom stereocenters. The van der Waals surface area contributed by atoms with E-state index in [0.717, 1.165) is 16.9 Å². The smallest absolute Gasteiger partial charge is 0.320 e. The minimum absolute atomic E-state index is 0.00643. The van der Waals surface area contributed by atoms with E-state index in [1.165, 1.54) is 17.0 Å². The Hall–Kier alpha value is -5.58. The van der Waals surface area contributed by atoms with E-state index >= 15 is 4.39 Å². The lowest BCUT2D eigenvalue weighted by Gasteiger charge is -2.50. The first-order valence-corrected chi connectivity index (χ1v) is 20.3. The van der Waals surface area contributed by atoms with Crippen molar-refractivity contribution < 1.29 is 33.1 Å². The Kier molecular flexibility index (Phi) is 9.80. The van der Waals surface area contributed by atoms with Crippen molar-refractivity contribution in [2.75, 3.05) is 74.0 Å². The number of hydrogen-bond acceptors (Lipinski definition) is 11. The highest BCUT2D eigenvalue weighted by Gasteiger charge is 2.42. The number of carbonyl (C=O) groups excluding carboxylic acids is 4. The Morgan fingerprint density at radius 3 is 2.52 bits per heavy atom. The van der Waals surface area contributed by atoms with Gasteiger partial charge in [0.1, 0.15) is 12.2 Å². The van der Waals surface area contributed by atoms with Crippen LogP contribution in [-0.2, 0) is 16.1 Å². The highest BCUT2D eigenvalue weighted by molar-refractivity contribution is 6.05. The molecule has 3 aromatic rings. The number of aromatic nitrogens is 2. The van der Waals surface area contributed by atoms with Gasteiger partial charge in [0, 0.05) is 107 Å². The molecule has 3 N–H and O–H groups in total. The number of phenolic OH excluding ortho intramolecular Hbond substituents is 1. The maximum Gasteiger partial charge on any atom is 0.320 e. The summed E-state index contributed by atoms with van der Waals surface area (Å²) in [6.07, 6.45) is 0.0728. The number of imide groups is 1. The molecule has 306 valence electrons. The average molecular weight is 799 g/mol. The zero-order valence-electron chi connectivity index (χ0n) is 32.6. The Bertz CT molecular complexity index is 2150. The van der Waals surface area contributed by atoms with E-state index < -0.39 is 29.7 Å². The molecule has 0 bridgehead atoms. The predicted molar refractivity (Wildman–Crippen MR) is 211 cm³/mol. The number of carbonyl (C=O) groups is 4. The fourth-order valence-electron chi connectivity index (χ4n) is 9.90. The zero-order valence-corrected chi connectivity index (χ0v) is 32.6. The monoisotopic (exact) mass is 798 g/mol. The van der Waals surface area contributed by atoms with Crippen LogP contribution in [0.1, 0.15) is 49.0 Å². The van der Waals surface area contributed by atoms with E-state index in [1.807, 2.05) is 32.9 Å². The molecule has 0 aliphatic carbocycles. The number of halogens is 2. The maximum atomic E-state index is 16.0. The third-order valence-corrected chi connectivity index (χ3v) is 12.9. The number of hydrogen-bond donors (Lipinski definition) is 3. The number of nitrogens with zero attached hydrogens (tertiary/aromatic N) is 8. The second-order valence-electron chi connectivity index (χ2n) is 16.6. The number of phenols is 1. The van der Waals surface area contributed by atoms with E-state index in [2.05, 4.69) is 44.5 Å². The summed E-state index contributed by atoms with van der Waals surface area (Å²) in [5.74, 6) is -1.77. The quantitative estimate of drug-likeness (QED) is 0.326. The molecule has 17 heteroatoms. The number of aromatic hydroxyl groups is 1. The summed E-state index contributed by atoms with van der Waals surface area (Å²) in [5, 5.41) is 24.5. The molecule has 0 spiro atoms. The van der Waals surface area contributed by atoms with Crippen LogP contribution >= 0.6 is 0 Å². The van der Waals surface area contributed by atoms with E-state index in [4.69, 9.17) is 0 Å². The molecule has 4 fully saturated rings. The van der Waals surface area contributed by atoms with Gasteiger partial charge < -0.3 is 34.9 Å². The van der Waals surface area contributed by atoms with Crippen molar-refractivity contribution in [3.05, 3.63) is 59.4 Å². The molecule has 58 heavy (non-hydrogen) atoms. The number of alkyl halides is 1. The topological polar surface area (TPSA) is 158 Å². The van der Waals surface area contributed by atoms with E-state index in [-0.39, 0.29) is 60.4 Å². The van der Waals surface area contributed by atoms with Gasteiger partial charge >= 0.3 is 6.03 Å². The van der Waals surface area contributed by atoms with Gasteiger partial charge in [-0.05, 0) is 62.6 Å². The lowest BCUT2D eigenvalue weighted by molar-refractivity contribution is -0.136. The van der Waals surface area contributed by atoms with Gasteiger partial charge in [0.15, 0.2) is 17.4 Å². The van der Waals surface area contributed by atoms with Gasteiger partial charge in [0.25, 0.3) is 5.91 Å². The van der Waals surface area contributed by atoms with Gasteiger partial charge in [-0.1, -0.05) is 12.1 Å². The summed E-state index contributed by atoms with van der Waals surface area (Å²) in [6.45, 7) is 9.34. The van der Waals surface area contributed by atoms with Gasteiger partial charge in [-0.3, -0.25) is 24.6 Å². The number of amides is 5. The van der Waals surface area contributed by atoms with E-state index in [0.29, 0.717) is 88.8 Å². The normalized spacial score (nSPS) is 27.5. The predicted octanol–water partition coefficient (Wildman–Crippen LogP) is 3.04. The number of para-hydroxylation sites is 1. The van der Waals surface area contributed by atoms with Crippen molar-refractivity contribution in [2.24, 2.45) is 5.92 Å². The summed E-state index contributed by atoms with van der Waals surface area (Å²) in [5.41, 5.74) is 3.54. The molecule has 6 aliphatic rings. The summed E-state index contributed by atoms with van der Waals surface area (Å²) >= 11 is 0. The van der Waals surface area contributed by atoms with Crippen molar-refractivity contribution in [3.63, 3.8) is 0 Å². The third-order valence-electron chi connectivity index (χ3n) is 12.9. The largest absolute Gasteiger partial charge is 0.504 e. The van der Waals surface area contributed by atoms with Gasteiger partial charge in [-0.25, -0.2) is 13.6 Å². The minimum Gasteiger partial charge on any atom is -0.504 e. The molecule has 1 unspecified atom stereocenters. The Balaban J connectivity index is 0.784. The van der Waals surface area contributed by atoms with Crippen molar-refractivity contribution >= 4 is 40.9 Å². The number of rotatable bonds is 5. The van der Waals surface area contributed by atoms with Gasteiger partial charge in [-0.2, -0.15) is 0 Å². The molecule has 7 heterocycles. The molecule has 15 nitrogen and oxygen atoms in total. The number of urea groups is 1. The van der Waals surface area contributed by atoms with Crippen LogP contribution in [-0.4, -0.2) is 148 Å². The summed E-state index contributed by atoms with van der Waals surface area (Å²) in [6, 6.07) is 10.9. The van der Waals surface area contributed by atoms with Crippen LogP contribution in [0.15, 0.2) is 42.5 Å². The van der Waals surface area contributed by atoms with Crippen molar-refractivity contribution in [1.82, 2.24) is 35.1 Å². The molecule has 5 amide bonds. The Labute approximate surface area is 334 Å². The summed E-state index contributed by atoms with van der Waals surface area (Å²) < 4.78 is 30.1. The van der Waals surface area contributed by atoms with Crippen molar-refractivity contribution in [2.45, 2.75) is 70.0 Å². The number of fused-ring (bicyclic) bond motifs is 4. The van der Waals surface area contributed by atoms with E-state index in [1.54, 1.807) is 12.1 Å². The van der Waals surface area contributed by atoms with Crippen LogP contribution in [0.3, 0.4) is 0 Å². The fourth-order valence-corrected chi connectivity index (χ4v) is 9.90. The number of benzene rings is 2. The van der Waals surface area contributed by atoms with Crippen LogP contribution in [0.4, 0.5) is 30.8 Å². The van der Waals surface area contributed by atoms with Crippen LogP contribution in [0.25, 0.3) is 11.3 Å². The first-order chi connectivity index (χ1) is 27.9. The number of nitrogens with one attached hydrogen (secondary N) is 2. The Morgan fingerprint density at radius 2 is 1.74 bits per heavy atom. The van der Waals surface area contributed by atoms with Crippen LogP contribution < -0.4 is 20.4 Å². The van der Waals surface area contributed by atoms with Crippen molar-refractivity contribution in [1.29, 1.82) is 0 Å². The molecular formula is C41H48F2N10O5. The zero-order chi connectivity index (χ0) is 40.4. The van der Waals surface area contributed by atoms with E-state index in [9.17, 15) is 28.7 Å². The van der Waals surface area contributed by atoms with Gasteiger partial charge in [0.05, 0.1) is 17.4 Å². The van der Waals surface area contributed by atoms with Crippen LogP contribution in [0.2, 0.25) is 0 Å². The molecule has 0 radical (unpaired) electrons. The van der Waals surface area contributed by atoms with Crippen LogP contribution in [0.5, 0.6) is 5.75 Å². The molecule has 0 saturated carbocycles. The SMILES string of the molecule is C[C@@H]1CN(C[C@H]2CCN(c3ccc4c(c3)C(=O)N(C3CCC(=O)NC3=O)C4)C[C@@H]2F)C[C@H](C)N1C(=O)N1CCN2c3cc(-c4cccc(F)c4O)nnc3NC[C@H]2C1. The maximum absolute atomic E-state index is 16.0. The molecule has 2 aromatic carbocycles. The lowest BCUT2D eigenvalue weighted by Crippen LogP contribution is -2.66. The highest BCUT2D eigenvalue weighted by atomic mass is 19.1. The molecular weight excluding hydrogens is 751 g/mol. The molecule has 6 aliphatic heterocycles. The summed E-state index contributed by atoms with van der Waals surface area (Å²) in [7, 11) is 0. The highest BCUT2D eigenvalue weighted by Crippen LogP contribution is 2.38. The minimum atomic E-state index is -1.07. The Morgan fingerprint density at radius 1 is 0.931 bits per heavy atom. The van der Waals surface area contributed by atoms with Crippen molar-refractivity contribution in [3.8, 4) is 17.0 Å². The summed E-state index contributed by atoms with van der Waals surface area (Å²) in [4.78, 5) is 63.5. The second kappa shape index (κ2) is 15.0. The van der Waals surface area contributed by atoms with Gasteiger partial charge in [-0.15, -0.1) is 10.2 Å². The first-order valence-electron chi connectivity index (χ1n) is 20.3. The first kappa shape index (κ1) is 38.0. The molecule has 9 rings (SSSR count). The molecule has 4 saturated heterocycles. The lowest BCUT2D eigenvalue weighted by atomic mass is 9.92. The number of piperidine rings is 2. The number of anilines is 3. The third kappa shape index (κ3) is 6.82. The average Bonchev–Trinajstić information content (AvgIpc) is 3.53.